The van der Waals surface area contributed by atoms with E-state index in [1.165, 1.54) is 18.3 Å². The van der Waals surface area contributed by atoms with Crippen LogP contribution in [0.25, 0.3) is 11.3 Å². The molecule has 2 rings (SSSR count). The fraction of sp³-hybridized carbons (Fsp3) is 0.429. The molecule has 0 aliphatic heterocycles. The van der Waals surface area contributed by atoms with E-state index in [0.29, 0.717) is 5.13 Å². The van der Waals surface area contributed by atoms with Crippen molar-refractivity contribution in [3.05, 3.63) is 35.2 Å². The third kappa shape index (κ3) is 7.82. The highest BCUT2D eigenvalue weighted by Crippen LogP contribution is 2.26. The molecule has 162 valence electrons. The van der Waals surface area contributed by atoms with E-state index in [-0.39, 0.29) is 30.8 Å². The third-order valence-corrected chi connectivity index (χ3v) is 4.65. The third-order valence-electron chi connectivity index (χ3n) is 3.90. The number of aromatic nitrogens is 1. The minimum Gasteiger partial charge on any atom is -0.444 e. The molecule has 0 saturated heterocycles. The highest BCUT2D eigenvalue weighted by Gasteiger charge is 2.16. The maximum atomic E-state index is 12.1. The van der Waals surface area contributed by atoms with Gasteiger partial charge in [-0.3, -0.25) is 9.59 Å². The summed E-state index contributed by atoms with van der Waals surface area (Å²) in [4.78, 5) is 39.3. The van der Waals surface area contributed by atoms with Crippen LogP contribution in [0.4, 0.5) is 9.93 Å². The lowest BCUT2D eigenvalue weighted by molar-refractivity contribution is -0.119. The van der Waals surface area contributed by atoms with Crippen molar-refractivity contribution in [3.63, 3.8) is 0 Å². The molecule has 3 N–H and O–H groups in total. The zero-order valence-corrected chi connectivity index (χ0v) is 18.7. The molecular weight excluding hydrogens is 404 g/mol. The van der Waals surface area contributed by atoms with Gasteiger partial charge in [-0.2, -0.15) is 0 Å². The van der Waals surface area contributed by atoms with Gasteiger partial charge in [0.15, 0.2) is 5.13 Å². The van der Waals surface area contributed by atoms with Crippen molar-refractivity contribution in [2.24, 2.45) is 0 Å². The van der Waals surface area contributed by atoms with E-state index < -0.39 is 11.7 Å². The molecule has 0 aliphatic carbocycles. The van der Waals surface area contributed by atoms with Crippen molar-refractivity contribution in [3.8, 4) is 11.3 Å². The number of hydrogen-bond donors (Lipinski definition) is 3. The number of nitrogens with one attached hydrogen (secondary N) is 3. The molecule has 0 bridgehead atoms. The quantitative estimate of drug-likeness (QED) is 0.615. The molecule has 1 aromatic carbocycles. The molecule has 0 radical (unpaired) electrons. The summed E-state index contributed by atoms with van der Waals surface area (Å²) < 4.78 is 5.12. The van der Waals surface area contributed by atoms with Crippen LogP contribution in [0.15, 0.2) is 29.6 Å². The normalized spacial score (nSPS) is 12.0. The second-order valence-electron chi connectivity index (χ2n) is 7.81. The smallest absolute Gasteiger partial charge is 0.407 e. The first-order chi connectivity index (χ1) is 14.0. The Bertz CT molecular complexity index is 887. The number of amides is 3. The molecule has 0 aliphatic rings. The van der Waals surface area contributed by atoms with E-state index in [2.05, 4.69) is 20.9 Å². The van der Waals surface area contributed by atoms with E-state index in [4.69, 9.17) is 4.74 Å². The van der Waals surface area contributed by atoms with Crippen LogP contribution in [0.5, 0.6) is 0 Å². The monoisotopic (exact) mass is 432 g/mol. The Morgan fingerprint density at radius 3 is 2.43 bits per heavy atom. The molecule has 8 nitrogen and oxygen atoms in total. The summed E-state index contributed by atoms with van der Waals surface area (Å²) in [6, 6.07) is 7.67. The van der Waals surface area contributed by atoms with Gasteiger partial charge < -0.3 is 20.7 Å². The van der Waals surface area contributed by atoms with E-state index in [1.54, 1.807) is 20.8 Å². The molecule has 0 fully saturated rings. The molecule has 1 aromatic heterocycles. The van der Waals surface area contributed by atoms with Gasteiger partial charge in [0.2, 0.25) is 11.8 Å². The maximum absolute atomic E-state index is 12.1. The second kappa shape index (κ2) is 10.2. The predicted molar refractivity (Wildman–Crippen MR) is 117 cm³/mol. The predicted octanol–water partition coefficient (Wildman–Crippen LogP) is 3.86. The standard InChI is InChI=1S/C21H28N4O4S/c1-13(23-14(2)26)15-6-8-16(9-7-15)17-12-30-19(24-17)25-18(27)10-11-22-20(28)29-21(3,4)5/h6-9,12-13H,10-11H2,1-5H3,(H,22,28)(H,23,26)(H,24,25,27). The summed E-state index contributed by atoms with van der Waals surface area (Å²) in [5.41, 5.74) is 2.08. The second-order valence-corrected chi connectivity index (χ2v) is 8.67. The van der Waals surface area contributed by atoms with Gasteiger partial charge in [0.25, 0.3) is 0 Å². The highest BCUT2D eigenvalue weighted by molar-refractivity contribution is 7.14. The number of rotatable bonds is 7. The number of benzene rings is 1. The molecule has 30 heavy (non-hydrogen) atoms. The highest BCUT2D eigenvalue weighted by atomic mass is 32.1. The molecule has 1 heterocycles. The topological polar surface area (TPSA) is 109 Å². The zero-order chi connectivity index (χ0) is 22.3. The Kier molecular flexibility index (Phi) is 7.93. The minimum atomic E-state index is -0.580. The SMILES string of the molecule is CC(=O)NC(C)c1ccc(-c2csc(NC(=O)CCNC(=O)OC(C)(C)C)n2)cc1. The molecule has 0 spiro atoms. The Morgan fingerprint density at radius 2 is 1.83 bits per heavy atom. The fourth-order valence-electron chi connectivity index (χ4n) is 2.57. The van der Waals surface area contributed by atoms with Gasteiger partial charge in [-0.15, -0.1) is 11.3 Å². The number of carbonyl (C=O) groups is 3. The van der Waals surface area contributed by atoms with Crippen LogP contribution in [0, 0.1) is 0 Å². The van der Waals surface area contributed by atoms with Crippen molar-refractivity contribution in [2.75, 3.05) is 11.9 Å². The van der Waals surface area contributed by atoms with Gasteiger partial charge in [-0.05, 0) is 33.3 Å². The van der Waals surface area contributed by atoms with Crippen LogP contribution < -0.4 is 16.0 Å². The van der Waals surface area contributed by atoms with Gasteiger partial charge in [0.1, 0.15) is 5.60 Å². The van der Waals surface area contributed by atoms with Crippen LogP contribution in [0.3, 0.4) is 0 Å². The Labute approximate surface area is 180 Å². The van der Waals surface area contributed by atoms with Gasteiger partial charge in [0, 0.05) is 30.8 Å². The first kappa shape index (κ1) is 23.3. The van der Waals surface area contributed by atoms with Crippen molar-refractivity contribution in [2.45, 2.75) is 52.7 Å². The fourth-order valence-corrected chi connectivity index (χ4v) is 3.30. The number of hydrogen-bond acceptors (Lipinski definition) is 6. The molecule has 9 heteroatoms. The van der Waals surface area contributed by atoms with E-state index in [9.17, 15) is 14.4 Å². The maximum Gasteiger partial charge on any atom is 0.407 e. The summed E-state index contributed by atoms with van der Waals surface area (Å²) in [6.07, 6.45) is -0.438. The van der Waals surface area contributed by atoms with Gasteiger partial charge in [-0.1, -0.05) is 24.3 Å². The Hall–Kier alpha value is -2.94. The summed E-state index contributed by atoms with van der Waals surface area (Å²) >= 11 is 1.33. The van der Waals surface area contributed by atoms with E-state index >= 15 is 0 Å². The Morgan fingerprint density at radius 1 is 1.17 bits per heavy atom. The number of nitrogens with zero attached hydrogens (tertiary/aromatic N) is 1. The number of thiazole rings is 1. The van der Waals surface area contributed by atoms with Crippen molar-refractivity contribution in [1.29, 1.82) is 0 Å². The van der Waals surface area contributed by atoms with E-state index in [0.717, 1.165) is 16.8 Å². The molecule has 2 aromatic rings. The molecule has 1 unspecified atom stereocenters. The number of alkyl carbamates (subject to hydrolysis) is 1. The summed E-state index contributed by atoms with van der Waals surface area (Å²) in [7, 11) is 0. The van der Waals surface area contributed by atoms with Gasteiger partial charge in [0.05, 0.1) is 11.7 Å². The summed E-state index contributed by atoms with van der Waals surface area (Å²) in [5, 5.41) is 10.5. The molecule has 1 atom stereocenters. The van der Waals surface area contributed by atoms with Crippen molar-refractivity contribution >= 4 is 34.4 Å². The summed E-state index contributed by atoms with van der Waals surface area (Å²) in [5.74, 6) is -0.320. The first-order valence-corrected chi connectivity index (χ1v) is 10.5. The van der Waals surface area contributed by atoms with Crippen LogP contribution >= 0.6 is 11.3 Å². The van der Waals surface area contributed by atoms with Crippen molar-refractivity contribution < 1.29 is 19.1 Å². The van der Waals surface area contributed by atoms with Crippen molar-refractivity contribution in [1.82, 2.24) is 15.6 Å². The molecular formula is C21H28N4O4S. The number of anilines is 1. The zero-order valence-electron chi connectivity index (χ0n) is 17.9. The number of ether oxygens (including phenoxy) is 1. The lowest BCUT2D eigenvalue weighted by atomic mass is 10.1. The molecule has 3 amide bonds. The Balaban J connectivity index is 1.85. The van der Waals surface area contributed by atoms with E-state index in [1.807, 2.05) is 36.6 Å². The molecule has 0 saturated carbocycles. The lowest BCUT2D eigenvalue weighted by Crippen LogP contribution is -2.34. The first-order valence-electron chi connectivity index (χ1n) is 9.63. The van der Waals surface area contributed by atoms with Crippen LogP contribution in [-0.2, 0) is 14.3 Å². The summed E-state index contributed by atoms with van der Waals surface area (Å²) in [6.45, 7) is 8.91. The van der Waals surface area contributed by atoms with Gasteiger partial charge in [-0.25, -0.2) is 9.78 Å². The van der Waals surface area contributed by atoms with Crippen LogP contribution in [0.1, 0.15) is 52.6 Å². The average Bonchev–Trinajstić information content (AvgIpc) is 3.08. The number of carbonyl (C=O) groups excluding carboxylic acids is 3. The average molecular weight is 433 g/mol. The van der Waals surface area contributed by atoms with Crippen LogP contribution in [0.2, 0.25) is 0 Å². The van der Waals surface area contributed by atoms with Gasteiger partial charge >= 0.3 is 6.09 Å². The lowest BCUT2D eigenvalue weighted by Gasteiger charge is -2.19. The minimum absolute atomic E-state index is 0.0730. The van der Waals surface area contributed by atoms with Crippen LogP contribution in [-0.4, -0.2) is 35.0 Å². The largest absolute Gasteiger partial charge is 0.444 e.